The second-order valence-electron chi connectivity index (χ2n) is 5.89. The van der Waals surface area contributed by atoms with Crippen LogP contribution in [0, 0.1) is 24.4 Å². The van der Waals surface area contributed by atoms with Crippen molar-refractivity contribution in [1.82, 2.24) is 9.78 Å². The maximum Gasteiger partial charge on any atom is 0.512 e. The predicted octanol–water partition coefficient (Wildman–Crippen LogP) is 4.29. The number of hydrogen-bond acceptors (Lipinski definition) is 4. The highest BCUT2D eigenvalue weighted by Crippen LogP contribution is 2.24. The van der Waals surface area contributed by atoms with E-state index in [9.17, 15) is 18.0 Å². The maximum absolute atomic E-state index is 13.8. The van der Waals surface area contributed by atoms with Gasteiger partial charge in [0.1, 0.15) is 29.8 Å². The minimum atomic E-state index is -1.51. The SMILES string of the molecule is Cc1cc(OC(=O)O)nn1Cc1cc(F)ccc1OCc1c(F)cccc1F. The monoisotopic (exact) mass is 392 g/mol. The summed E-state index contributed by atoms with van der Waals surface area (Å²) >= 11 is 0. The Hall–Kier alpha value is -3.49. The molecule has 28 heavy (non-hydrogen) atoms. The fourth-order valence-corrected chi connectivity index (χ4v) is 2.57. The topological polar surface area (TPSA) is 73.6 Å². The number of nitrogens with zero attached hydrogens (tertiary/aromatic N) is 2. The van der Waals surface area contributed by atoms with E-state index in [1.807, 2.05) is 0 Å². The average Bonchev–Trinajstić information content (AvgIpc) is 2.94. The van der Waals surface area contributed by atoms with E-state index in [-0.39, 0.29) is 30.3 Å². The van der Waals surface area contributed by atoms with E-state index in [1.54, 1.807) is 6.92 Å². The highest BCUT2D eigenvalue weighted by Gasteiger charge is 2.14. The van der Waals surface area contributed by atoms with Crippen molar-refractivity contribution < 1.29 is 32.5 Å². The van der Waals surface area contributed by atoms with Gasteiger partial charge in [-0.2, -0.15) is 0 Å². The summed E-state index contributed by atoms with van der Waals surface area (Å²) < 4.78 is 52.6. The molecule has 0 bridgehead atoms. The molecule has 0 spiro atoms. The Morgan fingerprint density at radius 1 is 1.14 bits per heavy atom. The van der Waals surface area contributed by atoms with Gasteiger partial charge in [-0.1, -0.05) is 6.07 Å². The van der Waals surface area contributed by atoms with Gasteiger partial charge in [0.2, 0.25) is 5.88 Å². The molecule has 0 saturated heterocycles. The molecular formula is C19H15F3N2O4. The number of rotatable bonds is 6. The Bertz CT molecular complexity index is 1000. The summed E-state index contributed by atoms with van der Waals surface area (Å²) in [6.45, 7) is 1.31. The molecule has 146 valence electrons. The highest BCUT2D eigenvalue weighted by atomic mass is 19.1. The minimum absolute atomic E-state index is 0.0294. The summed E-state index contributed by atoms with van der Waals surface area (Å²) in [4.78, 5) is 10.6. The molecular weight excluding hydrogens is 377 g/mol. The summed E-state index contributed by atoms with van der Waals surface area (Å²) in [6.07, 6.45) is -1.51. The van der Waals surface area contributed by atoms with Crippen LogP contribution >= 0.6 is 0 Å². The van der Waals surface area contributed by atoms with Crippen LogP contribution in [0.25, 0.3) is 0 Å². The molecule has 0 fully saturated rings. The first-order valence-corrected chi connectivity index (χ1v) is 8.13. The summed E-state index contributed by atoms with van der Waals surface area (Å²) in [5.74, 6) is -1.95. The van der Waals surface area contributed by atoms with Crippen molar-refractivity contribution in [2.24, 2.45) is 0 Å². The quantitative estimate of drug-likeness (QED) is 0.634. The van der Waals surface area contributed by atoms with Crippen LogP contribution in [0.15, 0.2) is 42.5 Å². The molecule has 1 heterocycles. The largest absolute Gasteiger partial charge is 0.512 e. The summed E-state index contributed by atoms with van der Waals surface area (Å²) in [6, 6.07) is 8.58. The van der Waals surface area contributed by atoms with Crippen molar-refractivity contribution >= 4 is 6.16 Å². The zero-order valence-corrected chi connectivity index (χ0v) is 14.7. The molecule has 6 nitrogen and oxygen atoms in total. The van der Waals surface area contributed by atoms with Gasteiger partial charge in [0.05, 0.1) is 12.1 Å². The van der Waals surface area contributed by atoms with Crippen molar-refractivity contribution in [3.05, 3.63) is 76.7 Å². The lowest BCUT2D eigenvalue weighted by Crippen LogP contribution is -2.09. The lowest BCUT2D eigenvalue weighted by atomic mass is 10.2. The first kappa shape index (κ1) is 19.3. The van der Waals surface area contributed by atoms with E-state index in [0.717, 1.165) is 18.2 Å². The van der Waals surface area contributed by atoms with E-state index < -0.39 is 23.6 Å². The molecule has 0 unspecified atom stereocenters. The summed E-state index contributed by atoms with van der Waals surface area (Å²) in [5.41, 5.74) is 0.668. The molecule has 0 saturated carbocycles. The van der Waals surface area contributed by atoms with Crippen LogP contribution in [-0.4, -0.2) is 21.0 Å². The van der Waals surface area contributed by atoms with Gasteiger partial charge in [0.25, 0.3) is 0 Å². The van der Waals surface area contributed by atoms with Gasteiger partial charge in [0.15, 0.2) is 0 Å². The van der Waals surface area contributed by atoms with Gasteiger partial charge in [-0.25, -0.2) is 18.0 Å². The number of hydrogen-bond donors (Lipinski definition) is 1. The van der Waals surface area contributed by atoms with Crippen LogP contribution in [0.2, 0.25) is 0 Å². The molecule has 3 aromatic rings. The predicted molar refractivity (Wildman–Crippen MR) is 91.8 cm³/mol. The van der Waals surface area contributed by atoms with Gasteiger partial charge in [0, 0.05) is 17.3 Å². The van der Waals surface area contributed by atoms with Crippen molar-refractivity contribution in [3.63, 3.8) is 0 Å². The number of ether oxygens (including phenoxy) is 2. The van der Waals surface area contributed by atoms with Crippen molar-refractivity contribution in [2.75, 3.05) is 0 Å². The lowest BCUT2D eigenvalue weighted by molar-refractivity contribution is 0.142. The van der Waals surface area contributed by atoms with Crippen molar-refractivity contribution in [1.29, 1.82) is 0 Å². The normalized spacial score (nSPS) is 10.7. The smallest absolute Gasteiger partial charge is 0.488 e. The average molecular weight is 392 g/mol. The molecule has 9 heteroatoms. The van der Waals surface area contributed by atoms with E-state index >= 15 is 0 Å². The Morgan fingerprint density at radius 3 is 2.54 bits per heavy atom. The van der Waals surface area contributed by atoms with Crippen LogP contribution in [0.3, 0.4) is 0 Å². The summed E-state index contributed by atoms with van der Waals surface area (Å²) in [7, 11) is 0. The van der Waals surface area contributed by atoms with Crippen molar-refractivity contribution in [3.8, 4) is 11.6 Å². The molecule has 0 radical (unpaired) electrons. The number of carbonyl (C=O) groups is 1. The number of aromatic nitrogens is 2. The molecule has 1 aromatic heterocycles. The summed E-state index contributed by atoms with van der Waals surface area (Å²) in [5, 5.41) is 12.6. The fraction of sp³-hybridized carbons (Fsp3) is 0.158. The van der Waals surface area contributed by atoms with Crippen LogP contribution in [-0.2, 0) is 13.2 Å². The third kappa shape index (κ3) is 4.43. The first-order valence-electron chi connectivity index (χ1n) is 8.13. The molecule has 0 atom stereocenters. The Labute approximate surface area is 157 Å². The number of carboxylic acid groups (broad SMARTS) is 1. The van der Waals surface area contributed by atoms with Gasteiger partial charge in [-0.15, -0.1) is 5.10 Å². The molecule has 0 aliphatic carbocycles. The third-order valence-corrected chi connectivity index (χ3v) is 3.93. The zero-order chi connectivity index (χ0) is 20.3. The molecule has 0 aliphatic heterocycles. The van der Waals surface area contributed by atoms with Crippen molar-refractivity contribution in [2.45, 2.75) is 20.1 Å². The molecule has 0 aliphatic rings. The van der Waals surface area contributed by atoms with E-state index in [1.165, 1.54) is 28.9 Å². The van der Waals surface area contributed by atoms with Crippen LogP contribution in [0.1, 0.15) is 16.8 Å². The fourth-order valence-electron chi connectivity index (χ4n) is 2.57. The molecule has 1 N–H and O–H groups in total. The lowest BCUT2D eigenvalue weighted by Gasteiger charge is -2.13. The number of aryl methyl sites for hydroxylation is 1. The zero-order valence-electron chi connectivity index (χ0n) is 14.7. The van der Waals surface area contributed by atoms with E-state index in [0.29, 0.717) is 11.3 Å². The van der Waals surface area contributed by atoms with Gasteiger partial charge in [-0.05, 0) is 37.3 Å². The third-order valence-electron chi connectivity index (χ3n) is 3.93. The van der Waals surface area contributed by atoms with Crippen LogP contribution < -0.4 is 9.47 Å². The second kappa shape index (κ2) is 8.03. The second-order valence-corrected chi connectivity index (χ2v) is 5.89. The molecule has 3 rings (SSSR count). The van der Waals surface area contributed by atoms with Crippen LogP contribution in [0.4, 0.5) is 18.0 Å². The molecule has 2 aromatic carbocycles. The van der Waals surface area contributed by atoms with Gasteiger partial charge >= 0.3 is 6.16 Å². The van der Waals surface area contributed by atoms with Crippen LogP contribution in [0.5, 0.6) is 11.6 Å². The molecule has 0 amide bonds. The van der Waals surface area contributed by atoms with Gasteiger partial charge in [-0.3, -0.25) is 4.68 Å². The first-order chi connectivity index (χ1) is 13.3. The van der Waals surface area contributed by atoms with E-state index in [2.05, 4.69) is 9.84 Å². The Balaban J connectivity index is 1.83. The standard InChI is InChI=1S/C19H15F3N2O4/c1-11-7-18(28-19(25)26)23-24(11)9-12-8-13(20)5-6-17(12)27-10-14-15(21)3-2-4-16(14)22/h2-8H,9-10H2,1H3,(H,25,26). The Morgan fingerprint density at radius 2 is 1.86 bits per heavy atom. The minimum Gasteiger partial charge on any atom is -0.488 e. The maximum atomic E-state index is 13.8. The highest BCUT2D eigenvalue weighted by molar-refractivity contribution is 5.60. The number of benzene rings is 2. The van der Waals surface area contributed by atoms with Gasteiger partial charge < -0.3 is 14.6 Å². The van der Waals surface area contributed by atoms with E-state index in [4.69, 9.17) is 9.84 Å². The Kier molecular flexibility index (Phi) is 5.53. The number of halogens is 3.